The van der Waals surface area contributed by atoms with Gasteiger partial charge in [0, 0.05) is 6.07 Å². The molecular weight excluding hydrogens is 256 g/mol. The van der Waals surface area contributed by atoms with Gasteiger partial charge in [0.2, 0.25) is 0 Å². The average molecular weight is 282 g/mol. The highest BCUT2D eigenvalue weighted by atomic mass is 16.5. The molecule has 0 aliphatic rings. The van der Waals surface area contributed by atoms with Crippen LogP contribution in [-0.2, 0) is 6.54 Å². The van der Waals surface area contributed by atoms with Crippen molar-refractivity contribution >= 4 is 5.97 Å². The van der Waals surface area contributed by atoms with Gasteiger partial charge >= 0.3 is 5.97 Å². The average Bonchev–Trinajstić information content (AvgIpc) is 2.90. The lowest BCUT2D eigenvalue weighted by atomic mass is 10.1. The first-order chi connectivity index (χ1) is 9.74. The lowest BCUT2D eigenvalue weighted by Crippen LogP contribution is -2.14. The second-order valence-corrected chi connectivity index (χ2v) is 5.14. The zero-order valence-corrected chi connectivity index (χ0v) is 12.4. The van der Waals surface area contributed by atoms with Crippen molar-refractivity contribution < 1.29 is 14.4 Å². The molecule has 0 atom stereocenters. The van der Waals surface area contributed by atoms with E-state index >= 15 is 0 Å². The van der Waals surface area contributed by atoms with E-state index in [4.69, 9.17) is 9.63 Å². The van der Waals surface area contributed by atoms with Crippen LogP contribution < -0.4 is 5.32 Å². The van der Waals surface area contributed by atoms with Gasteiger partial charge in [0.05, 0.1) is 6.54 Å². The van der Waals surface area contributed by atoms with Crippen LogP contribution in [0.2, 0.25) is 0 Å². The molecule has 0 fully saturated rings. The highest BCUT2D eigenvalue weighted by Gasteiger charge is 2.09. The summed E-state index contributed by atoms with van der Waals surface area (Å²) in [5.74, 6) is -0.481. The van der Waals surface area contributed by atoms with Crippen molar-refractivity contribution in [3.63, 3.8) is 0 Å². The number of hydrogen-bond donors (Lipinski definition) is 2. The van der Waals surface area contributed by atoms with E-state index < -0.39 is 5.97 Å². The number of aromatic carboxylic acids is 1. The molecule has 0 aromatic carbocycles. The van der Waals surface area contributed by atoms with Gasteiger partial charge in [0.25, 0.3) is 0 Å². The Hall–Kier alpha value is -1.36. The molecule has 1 heterocycles. The number of aromatic nitrogens is 1. The van der Waals surface area contributed by atoms with Crippen LogP contribution in [-0.4, -0.2) is 22.8 Å². The Morgan fingerprint density at radius 1 is 1.20 bits per heavy atom. The monoisotopic (exact) mass is 282 g/mol. The van der Waals surface area contributed by atoms with Gasteiger partial charge in [-0.05, 0) is 13.0 Å². The van der Waals surface area contributed by atoms with Crippen LogP contribution in [0.15, 0.2) is 10.6 Å². The van der Waals surface area contributed by atoms with Crippen LogP contribution in [0.4, 0.5) is 0 Å². The Bertz CT molecular complexity index is 377. The number of carboxylic acid groups (broad SMARTS) is 1. The van der Waals surface area contributed by atoms with Gasteiger partial charge in [-0.1, -0.05) is 57.0 Å². The summed E-state index contributed by atoms with van der Waals surface area (Å²) < 4.78 is 4.92. The highest BCUT2D eigenvalue weighted by Crippen LogP contribution is 2.08. The van der Waals surface area contributed by atoms with Crippen molar-refractivity contribution in [2.45, 2.75) is 64.8 Å². The summed E-state index contributed by atoms with van der Waals surface area (Å²) in [5, 5.41) is 15.4. The molecule has 0 unspecified atom stereocenters. The molecule has 20 heavy (non-hydrogen) atoms. The molecule has 0 aliphatic carbocycles. The smallest absolute Gasteiger partial charge is 0.358 e. The first kappa shape index (κ1) is 16.7. The van der Waals surface area contributed by atoms with Crippen molar-refractivity contribution in [3.8, 4) is 0 Å². The first-order valence-corrected chi connectivity index (χ1v) is 7.63. The molecule has 0 saturated carbocycles. The Labute approximate surface area is 120 Å². The van der Waals surface area contributed by atoms with Crippen LogP contribution >= 0.6 is 0 Å². The molecule has 2 N–H and O–H groups in total. The van der Waals surface area contributed by atoms with Crippen molar-refractivity contribution in [2.24, 2.45) is 0 Å². The summed E-state index contributed by atoms with van der Waals surface area (Å²) in [5.41, 5.74) is -0.0334. The van der Waals surface area contributed by atoms with Crippen molar-refractivity contribution in [1.82, 2.24) is 10.5 Å². The summed E-state index contributed by atoms with van der Waals surface area (Å²) in [6, 6.07) is 1.46. The summed E-state index contributed by atoms with van der Waals surface area (Å²) >= 11 is 0. The molecule has 0 bridgehead atoms. The molecule has 0 saturated heterocycles. The molecule has 114 valence electrons. The number of carbonyl (C=O) groups is 1. The fraction of sp³-hybridized carbons (Fsp3) is 0.733. The molecule has 1 aromatic heterocycles. The number of rotatable bonds is 12. The minimum Gasteiger partial charge on any atom is -0.476 e. The van der Waals surface area contributed by atoms with Gasteiger partial charge in [-0.2, -0.15) is 0 Å². The second-order valence-electron chi connectivity index (χ2n) is 5.14. The Morgan fingerprint density at radius 3 is 2.45 bits per heavy atom. The summed E-state index contributed by atoms with van der Waals surface area (Å²) in [7, 11) is 0. The zero-order chi connectivity index (χ0) is 14.6. The van der Waals surface area contributed by atoms with E-state index in [1.807, 2.05) is 0 Å². The fourth-order valence-electron chi connectivity index (χ4n) is 2.09. The Kier molecular flexibility index (Phi) is 8.71. The van der Waals surface area contributed by atoms with Gasteiger partial charge in [0.1, 0.15) is 0 Å². The molecule has 1 aromatic rings. The normalized spacial score (nSPS) is 10.8. The maximum atomic E-state index is 10.6. The number of unbranched alkanes of at least 4 members (excludes halogenated alkanes) is 7. The van der Waals surface area contributed by atoms with Crippen LogP contribution in [0.25, 0.3) is 0 Å². The van der Waals surface area contributed by atoms with Gasteiger partial charge in [-0.25, -0.2) is 4.79 Å². The minimum absolute atomic E-state index is 0.0334. The lowest BCUT2D eigenvalue weighted by molar-refractivity contribution is 0.0685. The predicted octanol–water partition coefficient (Wildman–Crippen LogP) is 3.60. The van der Waals surface area contributed by atoms with Crippen LogP contribution in [0.3, 0.4) is 0 Å². The maximum Gasteiger partial charge on any atom is 0.358 e. The van der Waals surface area contributed by atoms with E-state index in [-0.39, 0.29) is 5.69 Å². The van der Waals surface area contributed by atoms with E-state index in [1.165, 1.54) is 51.0 Å². The van der Waals surface area contributed by atoms with Crippen molar-refractivity contribution in [1.29, 1.82) is 0 Å². The van der Waals surface area contributed by atoms with Crippen LogP contribution in [0, 0.1) is 0 Å². The molecule has 0 aliphatic heterocycles. The summed E-state index contributed by atoms with van der Waals surface area (Å²) in [6.07, 6.45) is 10.4. The van der Waals surface area contributed by atoms with E-state index in [2.05, 4.69) is 17.4 Å². The maximum absolute atomic E-state index is 10.6. The number of hydrogen-bond acceptors (Lipinski definition) is 4. The largest absolute Gasteiger partial charge is 0.476 e. The Morgan fingerprint density at radius 2 is 1.85 bits per heavy atom. The van der Waals surface area contributed by atoms with Gasteiger partial charge in [-0.15, -0.1) is 0 Å². The third-order valence-electron chi connectivity index (χ3n) is 3.28. The third kappa shape index (κ3) is 7.28. The predicted molar refractivity (Wildman–Crippen MR) is 77.8 cm³/mol. The summed E-state index contributed by atoms with van der Waals surface area (Å²) in [4.78, 5) is 10.6. The molecule has 5 heteroatoms. The molecule has 0 spiro atoms. The number of nitrogens with zero attached hydrogens (tertiary/aromatic N) is 1. The highest BCUT2D eigenvalue weighted by molar-refractivity contribution is 5.85. The third-order valence-corrected chi connectivity index (χ3v) is 3.28. The minimum atomic E-state index is -1.05. The molecule has 1 rings (SSSR count). The topological polar surface area (TPSA) is 75.4 Å². The molecular formula is C15H26N2O3. The van der Waals surface area contributed by atoms with E-state index in [1.54, 1.807) is 0 Å². The number of carboxylic acids is 1. The molecule has 0 radical (unpaired) electrons. The van der Waals surface area contributed by atoms with Gasteiger partial charge in [-0.3, -0.25) is 0 Å². The van der Waals surface area contributed by atoms with E-state index in [9.17, 15) is 4.79 Å². The molecule has 5 nitrogen and oxygen atoms in total. The first-order valence-electron chi connectivity index (χ1n) is 7.63. The zero-order valence-electron chi connectivity index (χ0n) is 12.4. The summed E-state index contributed by atoms with van der Waals surface area (Å²) in [6.45, 7) is 3.70. The van der Waals surface area contributed by atoms with Gasteiger partial charge in [0.15, 0.2) is 11.5 Å². The van der Waals surface area contributed by atoms with Crippen molar-refractivity contribution in [3.05, 3.63) is 17.5 Å². The van der Waals surface area contributed by atoms with E-state index in [0.717, 1.165) is 13.0 Å². The number of nitrogens with one attached hydrogen (secondary N) is 1. The fourth-order valence-corrected chi connectivity index (χ4v) is 2.09. The van der Waals surface area contributed by atoms with Crippen LogP contribution in [0.5, 0.6) is 0 Å². The van der Waals surface area contributed by atoms with Crippen molar-refractivity contribution in [2.75, 3.05) is 6.54 Å². The molecule has 0 amide bonds. The van der Waals surface area contributed by atoms with Crippen LogP contribution in [0.1, 0.15) is 74.5 Å². The standard InChI is InChI=1S/C15H26N2O3/c1-2-3-4-5-6-7-8-9-10-16-12-13-11-14(15(18)19)17-20-13/h11,16H,2-10,12H2,1H3,(H,18,19). The SMILES string of the molecule is CCCCCCCCCCNCc1cc(C(=O)O)no1. The quantitative estimate of drug-likeness (QED) is 0.573. The van der Waals surface area contributed by atoms with Gasteiger partial charge < -0.3 is 14.9 Å². The lowest BCUT2D eigenvalue weighted by Gasteiger charge is -2.03. The second kappa shape index (κ2) is 10.4. The Balaban J connectivity index is 1.93. The van der Waals surface area contributed by atoms with E-state index in [0.29, 0.717) is 12.3 Å².